The first-order chi connectivity index (χ1) is 9.22. The van der Waals surface area contributed by atoms with Gasteiger partial charge in [-0.25, -0.2) is 0 Å². The maximum atomic E-state index is 12.2. The summed E-state index contributed by atoms with van der Waals surface area (Å²) in [6.45, 7) is -0.00898. The summed E-state index contributed by atoms with van der Waals surface area (Å²) in [6.07, 6.45) is 3.76. The molecule has 0 aliphatic heterocycles. The highest BCUT2D eigenvalue weighted by molar-refractivity contribution is 5.97. The number of hydrogen-bond donors (Lipinski definition) is 3. The first-order valence-electron chi connectivity index (χ1n) is 6.46. The Labute approximate surface area is 110 Å². The molecule has 1 aromatic heterocycles. The van der Waals surface area contributed by atoms with Crippen LogP contribution < -0.4 is 5.32 Å². The van der Waals surface area contributed by atoms with Gasteiger partial charge in [-0.1, -0.05) is 12.8 Å². The molecule has 0 spiro atoms. The highest BCUT2D eigenvalue weighted by Gasteiger charge is 2.34. The minimum atomic E-state index is -0.449. The number of aliphatic hydroxyl groups is 1. The van der Waals surface area contributed by atoms with Gasteiger partial charge in [0.1, 0.15) is 11.0 Å². The Morgan fingerprint density at radius 1 is 1.32 bits per heavy atom. The number of fused-ring (bicyclic) bond motifs is 1. The van der Waals surface area contributed by atoms with E-state index in [1.54, 1.807) is 18.2 Å². The lowest BCUT2D eigenvalue weighted by molar-refractivity contribution is 0.0838. The van der Waals surface area contributed by atoms with Gasteiger partial charge in [0.2, 0.25) is 0 Å². The van der Waals surface area contributed by atoms with Gasteiger partial charge in [-0.15, -0.1) is 0 Å². The molecule has 1 aromatic carbocycles. The molecule has 0 radical (unpaired) electrons. The molecule has 1 aliphatic carbocycles. The average molecular weight is 260 g/mol. The second-order valence-corrected chi connectivity index (χ2v) is 5.13. The number of aromatic amines is 1. The zero-order valence-electron chi connectivity index (χ0n) is 10.5. The zero-order valence-corrected chi connectivity index (χ0v) is 10.5. The molecule has 1 saturated carbocycles. The Morgan fingerprint density at radius 3 is 2.79 bits per heavy atom. The van der Waals surface area contributed by atoms with Crippen LogP contribution in [-0.4, -0.2) is 38.6 Å². The molecular weight excluding hydrogens is 244 g/mol. The van der Waals surface area contributed by atoms with Crippen LogP contribution in [0.5, 0.6) is 0 Å². The van der Waals surface area contributed by atoms with Crippen LogP contribution in [0.25, 0.3) is 11.0 Å². The Hall–Kier alpha value is -1.95. The first kappa shape index (κ1) is 12.1. The number of rotatable bonds is 3. The maximum absolute atomic E-state index is 12.2. The van der Waals surface area contributed by atoms with Crippen LogP contribution in [0.4, 0.5) is 0 Å². The van der Waals surface area contributed by atoms with E-state index in [-0.39, 0.29) is 12.5 Å². The van der Waals surface area contributed by atoms with Crippen LogP contribution in [0.1, 0.15) is 36.0 Å². The van der Waals surface area contributed by atoms with Crippen LogP contribution in [0.15, 0.2) is 18.2 Å². The van der Waals surface area contributed by atoms with Gasteiger partial charge in [0.05, 0.1) is 12.1 Å². The SMILES string of the molecule is O=C(NC1(CO)CCCC1)c1ccc2n[nH]nc2c1. The summed E-state index contributed by atoms with van der Waals surface area (Å²) in [6, 6.07) is 5.18. The van der Waals surface area contributed by atoms with Crippen LogP contribution in [0, 0.1) is 0 Å². The lowest BCUT2D eigenvalue weighted by Crippen LogP contribution is -2.49. The second-order valence-electron chi connectivity index (χ2n) is 5.13. The molecule has 1 heterocycles. The molecule has 1 aliphatic rings. The van der Waals surface area contributed by atoms with E-state index in [0.717, 1.165) is 31.2 Å². The molecule has 0 unspecified atom stereocenters. The Bertz CT molecular complexity index is 601. The van der Waals surface area contributed by atoms with Gasteiger partial charge >= 0.3 is 0 Å². The number of aromatic nitrogens is 3. The molecule has 0 atom stereocenters. The van der Waals surface area contributed by atoms with Crippen molar-refractivity contribution in [3.63, 3.8) is 0 Å². The van der Waals surface area contributed by atoms with E-state index in [1.165, 1.54) is 0 Å². The molecular formula is C13H16N4O2. The zero-order chi connectivity index (χ0) is 13.3. The van der Waals surface area contributed by atoms with Gasteiger partial charge in [0.25, 0.3) is 5.91 Å². The molecule has 1 fully saturated rings. The van der Waals surface area contributed by atoms with Crippen LogP contribution in [0.2, 0.25) is 0 Å². The normalized spacial score (nSPS) is 17.7. The smallest absolute Gasteiger partial charge is 0.251 e. The molecule has 6 nitrogen and oxygen atoms in total. The second kappa shape index (κ2) is 4.62. The lowest BCUT2D eigenvalue weighted by atomic mass is 9.98. The molecule has 6 heteroatoms. The van der Waals surface area contributed by atoms with E-state index in [0.29, 0.717) is 11.1 Å². The summed E-state index contributed by atoms with van der Waals surface area (Å²) >= 11 is 0. The van der Waals surface area contributed by atoms with Crippen molar-refractivity contribution in [2.24, 2.45) is 0 Å². The first-order valence-corrected chi connectivity index (χ1v) is 6.46. The summed E-state index contributed by atoms with van der Waals surface area (Å²) in [7, 11) is 0. The molecule has 19 heavy (non-hydrogen) atoms. The number of nitrogens with one attached hydrogen (secondary N) is 2. The third-order valence-electron chi connectivity index (χ3n) is 3.82. The third-order valence-corrected chi connectivity index (χ3v) is 3.82. The third kappa shape index (κ3) is 2.19. The number of H-pyrrole nitrogens is 1. The quantitative estimate of drug-likeness (QED) is 0.767. The summed E-state index contributed by atoms with van der Waals surface area (Å²) in [5.74, 6) is -0.166. The van der Waals surface area contributed by atoms with Crippen molar-refractivity contribution in [1.82, 2.24) is 20.7 Å². The monoisotopic (exact) mass is 260 g/mol. The molecule has 100 valence electrons. The maximum Gasteiger partial charge on any atom is 0.251 e. The minimum absolute atomic E-state index is 0.00898. The number of amides is 1. The number of benzene rings is 1. The number of nitrogens with zero attached hydrogens (tertiary/aromatic N) is 2. The molecule has 3 rings (SSSR count). The number of carbonyl (C=O) groups is 1. The minimum Gasteiger partial charge on any atom is -0.394 e. The fraction of sp³-hybridized carbons (Fsp3) is 0.462. The van der Waals surface area contributed by atoms with Gasteiger partial charge in [-0.2, -0.15) is 15.4 Å². The Kier molecular flexibility index (Phi) is 2.94. The summed E-state index contributed by atoms with van der Waals surface area (Å²) in [5.41, 5.74) is 1.49. The van der Waals surface area contributed by atoms with Gasteiger partial charge in [-0.05, 0) is 31.0 Å². The Morgan fingerprint density at radius 2 is 2.05 bits per heavy atom. The van der Waals surface area contributed by atoms with Crippen molar-refractivity contribution in [3.05, 3.63) is 23.8 Å². The fourth-order valence-electron chi connectivity index (χ4n) is 2.67. The lowest BCUT2D eigenvalue weighted by Gasteiger charge is -2.27. The Balaban J connectivity index is 1.82. The number of aliphatic hydroxyl groups excluding tert-OH is 1. The van der Waals surface area contributed by atoms with E-state index >= 15 is 0 Å². The predicted octanol–water partition coefficient (Wildman–Crippen LogP) is 0.993. The van der Waals surface area contributed by atoms with Crippen LogP contribution >= 0.6 is 0 Å². The van der Waals surface area contributed by atoms with E-state index in [4.69, 9.17) is 0 Å². The standard InChI is InChI=1S/C13H16N4O2/c18-8-13(5-1-2-6-13)14-12(19)9-3-4-10-11(7-9)16-17-15-10/h3-4,7,18H,1-2,5-6,8H2,(H,14,19)(H,15,16,17). The van der Waals surface area contributed by atoms with E-state index in [1.807, 2.05) is 0 Å². The van der Waals surface area contributed by atoms with E-state index in [9.17, 15) is 9.90 Å². The van der Waals surface area contributed by atoms with E-state index in [2.05, 4.69) is 20.7 Å². The summed E-state index contributed by atoms with van der Waals surface area (Å²) in [5, 5.41) is 22.9. The average Bonchev–Trinajstić information content (AvgIpc) is 3.06. The van der Waals surface area contributed by atoms with Crippen molar-refractivity contribution >= 4 is 16.9 Å². The molecule has 3 N–H and O–H groups in total. The van der Waals surface area contributed by atoms with E-state index < -0.39 is 5.54 Å². The molecule has 0 saturated heterocycles. The largest absolute Gasteiger partial charge is 0.394 e. The molecule has 2 aromatic rings. The topological polar surface area (TPSA) is 90.9 Å². The van der Waals surface area contributed by atoms with Crippen molar-refractivity contribution < 1.29 is 9.90 Å². The van der Waals surface area contributed by atoms with Crippen molar-refractivity contribution in [1.29, 1.82) is 0 Å². The highest BCUT2D eigenvalue weighted by atomic mass is 16.3. The molecule has 0 bridgehead atoms. The van der Waals surface area contributed by atoms with Crippen LogP contribution in [-0.2, 0) is 0 Å². The van der Waals surface area contributed by atoms with Gasteiger partial charge in [0.15, 0.2) is 0 Å². The van der Waals surface area contributed by atoms with Crippen LogP contribution in [0.3, 0.4) is 0 Å². The van der Waals surface area contributed by atoms with Gasteiger partial charge in [-0.3, -0.25) is 4.79 Å². The predicted molar refractivity (Wildman–Crippen MR) is 69.6 cm³/mol. The van der Waals surface area contributed by atoms with Crippen molar-refractivity contribution in [2.45, 2.75) is 31.2 Å². The number of carbonyl (C=O) groups excluding carboxylic acids is 1. The summed E-state index contributed by atoms with van der Waals surface area (Å²) in [4.78, 5) is 12.2. The number of hydrogen-bond acceptors (Lipinski definition) is 4. The van der Waals surface area contributed by atoms with Crippen molar-refractivity contribution in [3.8, 4) is 0 Å². The highest BCUT2D eigenvalue weighted by Crippen LogP contribution is 2.29. The summed E-state index contributed by atoms with van der Waals surface area (Å²) < 4.78 is 0. The van der Waals surface area contributed by atoms with Crippen molar-refractivity contribution in [2.75, 3.05) is 6.61 Å². The van der Waals surface area contributed by atoms with Gasteiger partial charge < -0.3 is 10.4 Å². The molecule has 1 amide bonds. The fourth-order valence-corrected chi connectivity index (χ4v) is 2.67. The van der Waals surface area contributed by atoms with Gasteiger partial charge in [0, 0.05) is 5.56 Å².